The molecule has 2 rings (SSSR count). The molecule has 5 heteroatoms. The first-order chi connectivity index (χ1) is 9.75. The zero-order valence-corrected chi connectivity index (χ0v) is 11.8. The SMILES string of the molecule is O=C(CCCC(=O)N1CCCCC1)NCc1ccco1. The molecular formula is C15H22N2O3. The lowest BCUT2D eigenvalue weighted by atomic mass is 10.1. The molecule has 0 bridgehead atoms. The van der Waals surface area contributed by atoms with Gasteiger partial charge >= 0.3 is 0 Å². The molecule has 1 fully saturated rings. The maximum Gasteiger partial charge on any atom is 0.222 e. The fourth-order valence-corrected chi connectivity index (χ4v) is 2.39. The molecule has 1 aromatic rings. The predicted molar refractivity (Wildman–Crippen MR) is 74.8 cm³/mol. The molecule has 1 aliphatic rings. The van der Waals surface area contributed by atoms with Crippen LogP contribution >= 0.6 is 0 Å². The monoisotopic (exact) mass is 278 g/mol. The molecule has 0 atom stereocenters. The van der Waals surface area contributed by atoms with Crippen molar-refractivity contribution in [3.05, 3.63) is 24.2 Å². The van der Waals surface area contributed by atoms with Gasteiger partial charge in [0.1, 0.15) is 5.76 Å². The Kier molecular flexibility index (Phi) is 5.65. The summed E-state index contributed by atoms with van der Waals surface area (Å²) >= 11 is 0. The summed E-state index contributed by atoms with van der Waals surface area (Å²) in [4.78, 5) is 25.4. The van der Waals surface area contributed by atoms with Crippen LogP contribution in [0, 0.1) is 0 Å². The van der Waals surface area contributed by atoms with Gasteiger partial charge in [-0.15, -0.1) is 0 Å². The van der Waals surface area contributed by atoms with Gasteiger partial charge in [0, 0.05) is 25.9 Å². The maximum atomic E-state index is 11.9. The van der Waals surface area contributed by atoms with Gasteiger partial charge < -0.3 is 14.6 Å². The fourth-order valence-electron chi connectivity index (χ4n) is 2.39. The first kappa shape index (κ1) is 14.6. The summed E-state index contributed by atoms with van der Waals surface area (Å²) in [5.74, 6) is 0.888. The molecule has 0 aliphatic carbocycles. The number of likely N-dealkylation sites (tertiary alicyclic amines) is 1. The van der Waals surface area contributed by atoms with Crippen LogP contribution in [0.5, 0.6) is 0 Å². The van der Waals surface area contributed by atoms with Crippen LogP contribution in [-0.4, -0.2) is 29.8 Å². The second-order valence-corrected chi connectivity index (χ2v) is 5.15. The number of amides is 2. The van der Waals surface area contributed by atoms with Crippen molar-refractivity contribution >= 4 is 11.8 Å². The third-order valence-electron chi connectivity index (χ3n) is 3.54. The number of hydrogen-bond donors (Lipinski definition) is 1. The first-order valence-corrected chi connectivity index (χ1v) is 7.32. The van der Waals surface area contributed by atoms with Crippen LogP contribution in [0.15, 0.2) is 22.8 Å². The number of nitrogens with one attached hydrogen (secondary N) is 1. The second kappa shape index (κ2) is 7.72. The molecule has 20 heavy (non-hydrogen) atoms. The van der Waals surface area contributed by atoms with E-state index in [1.54, 1.807) is 12.3 Å². The third-order valence-corrected chi connectivity index (χ3v) is 3.54. The van der Waals surface area contributed by atoms with Gasteiger partial charge in [-0.3, -0.25) is 9.59 Å². The molecule has 0 saturated carbocycles. The van der Waals surface area contributed by atoms with E-state index in [4.69, 9.17) is 4.42 Å². The molecule has 1 N–H and O–H groups in total. The molecule has 0 spiro atoms. The van der Waals surface area contributed by atoms with Crippen molar-refractivity contribution in [1.82, 2.24) is 10.2 Å². The van der Waals surface area contributed by atoms with Crippen molar-refractivity contribution in [1.29, 1.82) is 0 Å². The number of nitrogens with zero attached hydrogens (tertiary/aromatic N) is 1. The van der Waals surface area contributed by atoms with Gasteiger partial charge in [-0.05, 0) is 37.8 Å². The summed E-state index contributed by atoms with van der Waals surface area (Å²) in [5, 5.41) is 2.78. The van der Waals surface area contributed by atoms with Gasteiger partial charge in [0.25, 0.3) is 0 Å². The van der Waals surface area contributed by atoms with E-state index < -0.39 is 0 Å². The summed E-state index contributed by atoms with van der Waals surface area (Å²) < 4.78 is 5.13. The summed E-state index contributed by atoms with van der Waals surface area (Å²) in [6.45, 7) is 2.17. The Balaban J connectivity index is 1.57. The van der Waals surface area contributed by atoms with E-state index >= 15 is 0 Å². The normalized spacial score (nSPS) is 15.1. The first-order valence-electron chi connectivity index (χ1n) is 7.32. The van der Waals surface area contributed by atoms with Crippen LogP contribution < -0.4 is 5.32 Å². The van der Waals surface area contributed by atoms with E-state index in [-0.39, 0.29) is 11.8 Å². The van der Waals surface area contributed by atoms with Gasteiger partial charge in [0.2, 0.25) is 11.8 Å². The lowest BCUT2D eigenvalue weighted by Gasteiger charge is -2.26. The molecule has 1 saturated heterocycles. The zero-order valence-electron chi connectivity index (χ0n) is 11.8. The molecule has 0 unspecified atom stereocenters. The lowest BCUT2D eigenvalue weighted by molar-refractivity contribution is -0.132. The quantitative estimate of drug-likeness (QED) is 0.866. The van der Waals surface area contributed by atoms with Crippen LogP contribution in [0.4, 0.5) is 0 Å². The largest absolute Gasteiger partial charge is 0.467 e. The summed E-state index contributed by atoms with van der Waals surface area (Å²) in [6.07, 6.45) is 6.48. The number of furan rings is 1. The Hall–Kier alpha value is -1.78. The van der Waals surface area contributed by atoms with Crippen molar-refractivity contribution in [2.24, 2.45) is 0 Å². The Morgan fingerprint density at radius 1 is 1.20 bits per heavy atom. The molecule has 0 aromatic carbocycles. The fraction of sp³-hybridized carbons (Fsp3) is 0.600. The van der Waals surface area contributed by atoms with E-state index in [1.165, 1.54) is 6.42 Å². The Labute approximate surface area is 119 Å². The third kappa shape index (κ3) is 4.72. The molecule has 110 valence electrons. The van der Waals surface area contributed by atoms with Gasteiger partial charge in [-0.2, -0.15) is 0 Å². The van der Waals surface area contributed by atoms with Gasteiger partial charge in [0.05, 0.1) is 12.8 Å². The van der Waals surface area contributed by atoms with Crippen molar-refractivity contribution in [2.45, 2.75) is 45.1 Å². The van der Waals surface area contributed by atoms with Gasteiger partial charge in [0.15, 0.2) is 0 Å². The van der Waals surface area contributed by atoms with Crippen LogP contribution in [0.1, 0.15) is 44.3 Å². The summed E-state index contributed by atoms with van der Waals surface area (Å²) in [5.41, 5.74) is 0. The zero-order chi connectivity index (χ0) is 14.2. The van der Waals surface area contributed by atoms with Crippen LogP contribution in [0.25, 0.3) is 0 Å². The minimum absolute atomic E-state index is 0.0344. The standard InChI is InChI=1S/C15H22N2O3/c18-14(16-12-13-6-5-11-20-13)7-4-8-15(19)17-9-2-1-3-10-17/h5-6,11H,1-4,7-10,12H2,(H,16,18). The van der Waals surface area contributed by atoms with E-state index in [0.29, 0.717) is 25.8 Å². The Bertz CT molecular complexity index is 422. The number of hydrogen-bond acceptors (Lipinski definition) is 3. The predicted octanol–water partition coefficient (Wildman–Crippen LogP) is 2.08. The second-order valence-electron chi connectivity index (χ2n) is 5.15. The molecule has 2 amide bonds. The number of carbonyl (C=O) groups is 2. The minimum atomic E-state index is -0.0344. The van der Waals surface area contributed by atoms with Crippen LogP contribution in [0.3, 0.4) is 0 Å². The average molecular weight is 278 g/mol. The highest BCUT2D eigenvalue weighted by atomic mass is 16.3. The van der Waals surface area contributed by atoms with Crippen molar-refractivity contribution in [3.8, 4) is 0 Å². The van der Waals surface area contributed by atoms with E-state index in [0.717, 1.165) is 31.7 Å². The molecule has 0 radical (unpaired) electrons. The van der Waals surface area contributed by atoms with Crippen molar-refractivity contribution in [3.63, 3.8) is 0 Å². The highest BCUT2D eigenvalue weighted by molar-refractivity contribution is 5.78. The highest BCUT2D eigenvalue weighted by Gasteiger charge is 2.16. The van der Waals surface area contributed by atoms with E-state index in [9.17, 15) is 9.59 Å². The van der Waals surface area contributed by atoms with Crippen LogP contribution in [0.2, 0.25) is 0 Å². The maximum absolute atomic E-state index is 11.9. The summed E-state index contributed by atoms with van der Waals surface area (Å²) in [6, 6.07) is 3.61. The smallest absolute Gasteiger partial charge is 0.222 e. The van der Waals surface area contributed by atoms with Crippen molar-refractivity contribution < 1.29 is 14.0 Å². The molecule has 1 aromatic heterocycles. The Morgan fingerprint density at radius 2 is 2.00 bits per heavy atom. The molecular weight excluding hydrogens is 256 g/mol. The molecule has 1 aliphatic heterocycles. The lowest BCUT2D eigenvalue weighted by Crippen LogP contribution is -2.35. The highest BCUT2D eigenvalue weighted by Crippen LogP contribution is 2.11. The van der Waals surface area contributed by atoms with Crippen LogP contribution in [-0.2, 0) is 16.1 Å². The average Bonchev–Trinajstić information content (AvgIpc) is 2.99. The van der Waals surface area contributed by atoms with Gasteiger partial charge in [-0.25, -0.2) is 0 Å². The van der Waals surface area contributed by atoms with E-state index in [1.807, 2.05) is 11.0 Å². The Morgan fingerprint density at radius 3 is 2.70 bits per heavy atom. The number of rotatable bonds is 6. The topological polar surface area (TPSA) is 62.6 Å². The summed E-state index contributed by atoms with van der Waals surface area (Å²) in [7, 11) is 0. The van der Waals surface area contributed by atoms with E-state index in [2.05, 4.69) is 5.32 Å². The minimum Gasteiger partial charge on any atom is -0.467 e. The van der Waals surface area contributed by atoms with Crippen molar-refractivity contribution in [2.75, 3.05) is 13.1 Å². The molecule has 5 nitrogen and oxygen atoms in total. The number of carbonyl (C=O) groups excluding carboxylic acids is 2. The van der Waals surface area contributed by atoms with Gasteiger partial charge in [-0.1, -0.05) is 0 Å². The molecule has 2 heterocycles. The number of piperidine rings is 1.